The number of hydrogen-bond donors (Lipinski definition) is 1. The molecule has 0 bridgehead atoms. The van der Waals surface area contributed by atoms with Crippen LogP contribution in [0.15, 0.2) is 30.3 Å². The Bertz CT molecular complexity index is 519. The van der Waals surface area contributed by atoms with Crippen molar-refractivity contribution in [2.24, 2.45) is 0 Å². The molecule has 1 N–H and O–H groups in total. The van der Waals surface area contributed by atoms with E-state index in [-0.39, 0.29) is 0 Å². The van der Waals surface area contributed by atoms with Crippen LogP contribution in [-0.2, 0) is 0 Å². The molecule has 1 nitrogen and oxygen atoms in total. The smallest absolute Gasteiger partial charge is 0.0496 e. The zero-order valence-corrected chi connectivity index (χ0v) is 11.8. The van der Waals surface area contributed by atoms with Gasteiger partial charge in [0.1, 0.15) is 0 Å². The van der Waals surface area contributed by atoms with Gasteiger partial charge in [-0.15, -0.1) is 11.3 Å². The van der Waals surface area contributed by atoms with Crippen molar-refractivity contribution in [3.63, 3.8) is 0 Å². The van der Waals surface area contributed by atoms with Crippen LogP contribution in [0.1, 0.15) is 28.3 Å². The lowest BCUT2D eigenvalue weighted by molar-refractivity contribution is 0.882. The molecule has 1 heterocycles. The SMILES string of the molecule is Cc1cc(C(C)Nc2cccc(Cl)c2)c(C)s1. The Balaban J connectivity index is 2.16. The third-order valence-corrected chi connectivity index (χ3v) is 3.97. The minimum absolute atomic E-state index is 0.304. The molecule has 17 heavy (non-hydrogen) atoms. The van der Waals surface area contributed by atoms with Gasteiger partial charge in [0.2, 0.25) is 0 Å². The number of benzene rings is 1. The lowest BCUT2D eigenvalue weighted by Gasteiger charge is -2.15. The molecular weight excluding hydrogens is 250 g/mol. The minimum Gasteiger partial charge on any atom is -0.378 e. The van der Waals surface area contributed by atoms with E-state index in [9.17, 15) is 0 Å². The zero-order chi connectivity index (χ0) is 12.4. The van der Waals surface area contributed by atoms with Gasteiger partial charge >= 0.3 is 0 Å². The van der Waals surface area contributed by atoms with Crippen molar-refractivity contribution in [2.45, 2.75) is 26.8 Å². The van der Waals surface area contributed by atoms with Gasteiger partial charge in [-0.05, 0) is 50.6 Å². The molecule has 0 fully saturated rings. The largest absolute Gasteiger partial charge is 0.378 e. The first-order valence-corrected chi connectivity index (χ1v) is 6.85. The summed E-state index contributed by atoms with van der Waals surface area (Å²) in [5, 5.41) is 4.24. The second-order valence-corrected chi connectivity index (χ2v) is 6.14. The molecule has 0 saturated carbocycles. The molecule has 2 aromatic rings. The number of thiophene rings is 1. The maximum Gasteiger partial charge on any atom is 0.0496 e. The lowest BCUT2D eigenvalue weighted by Crippen LogP contribution is -2.06. The maximum atomic E-state index is 5.97. The van der Waals surface area contributed by atoms with Crippen LogP contribution in [0.3, 0.4) is 0 Å². The standard InChI is InChI=1S/C14H16ClNS/c1-9-7-14(11(3)17-9)10(2)16-13-6-4-5-12(15)8-13/h4-8,10,16H,1-3H3. The number of nitrogens with one attached hydrogen (secondary N) is 1. The van der Waals surface area contributed by atoms with E-state index in [2.05, 4.69) is 32.2 Å². The molecule has 1 aromatic carbocycles. The average molecular weight is 266 g/mol. The second kappa shape index (κ2) is 5.11. The minimum atomic E-state index is 0.304. The lowest BCUT2D eigenvalue weighted by atomic mass is 10.1. The summed E-state index contributed by atoms with van der Waals surface area (Å²) in [6.45, 7) is 6.49. The molecule has 0 radical (unpaired) electrons. The van der Waals surface area contributed by atoms with Crippen LogP contribution < -0.4 is 5.32 Å². The quantitative estimate of drug-likeness (QED) is 0.805. The molecule has 0 spiro atoms. The fourth-order valence-electron chi connectivity index (χ4n) is 1.99. The number of hydrogen-bond acceptors (Lipinski definition) is 2. The maximum absolute atomic E-state index is 5.97. The monoisotopic (exact) mass is 265 g/mol. The molecular formula is C14H16ClNS. The summed E-state index contributed by atoms with van der Waals surface area (Å²) >= 11 is 7.82. The van der Waals surface area contributed by atoms with Crippen LogP contribution in [0.4, 0.5) is 5.69 Å². The molecule has 1 aromatic heterocycles. The summed E-state index contributed by atoms with van der Waals surface area (Å²) in [4.78, 5) is 2.74. The first-order chi connectivity index (χ1) is 8.06. The predicted octanol–water partition coefficient (Wildman–Crippen LogP) is 5.19. The summed E-state index contributed by atoms with van der Waals surface area (Å²) in [6.07, 6.45) is 0. The van der Waals surface area contributed by atoms with Gasteiger partial charge in [-0.1, -0.05) is 17.7 Å². The third-order valence-electron chi connectivity index (χ3n) is 2.75. The Hall–Kier alpha value is -0.990. The average Bonchev–Trinajstić information content (AvgIpc) is 2.58. The number of halogens is 1. The van der Waals surface area contributed by atoms with Crippen molar-refractivity contribution in [3.05, 3.63) is 50.7 Å². The first kappa shape index (κ1) is 12.5. The van der Waals surface area contributed by atoms with Gasteiger partial charge < -0.3 is 5.32 Å². The highest BCUT2D eigenvalue weighted by Crippen LogP contribution is 2.29. The molecule has 0 aliphatic carbocycles. The van der Waals surface area contributed by atoms with Gasteiger partial charge in [0, 0.05) is 26.5 Å². The van der Waals surface area contributed by atoms with Gasteiger partial charge in [-0.3, -0.25) is 0 Å². The highest BCUT2D eigenvalue weighted by molar-refractivity contribution is 7.12. The Morgan fingerprint density at radius 3 is 2.59 bits per heavy atom. The summed E-state index contributed by atoms with van der Waals surface area (Å²) in [7, 11) is 0. The summed E-state index contributed by atoms with van der Waals surface area (Å²) in [5.41, 5.74) is 2.43. The van der Waals surface area contributed by atoms with E-state index in [0.29, 0.717) is 6.04 Å². The Labute approximate surface area is 111 Å². The van der Waals surface area contributed by atoms with Gasteiger partial charge in [0.25, 0.3) is 0 Å². The molecule has 1 atom stereocenters. The van der Waals surface area contributed by atoms with Gasteiger partial charge in [0.05, 0.1) is 0 Å². The highest BCUT2D eigenvalue weighted by atomic mass is 35.5. The fourth-order valence-corrected chi connectivity index (χ4v) is 3.20. The summed E-state index contributed by atoms with van der Waals surface area (Å²) in [5.74, 6) is 0. The normalized spacial score (nSPS) is 12.5. The van der Waals surface area contributed by atoms with E-state index >= 15 is 0 Å². The predicted molar refractivity (Wildman–Crippen MR) is 77.3 cm³/mol. The van der Waals surface area contributed by atoms with E-state index in [1.807, 2.05) is 35.6 Å². The van der Waals surface area contributed by atoms with E-state index in [4.69, 9.17) is 11.6 Å². The van der Waals surface area contributed by atoms with Gasteiger partial charge in [0.15, 0.2) is 0 Å². The highest BCUT2D eigenvalue weighted by Gasteiger charge is 2.10. The Morgan fingerprint density at radius 2 is 2.00 bits per heavy atom. The molecule has 2 rings (SSSR count). The number of aryl methyl sites for hydroxylation is 2. The Kier molecular flexibility index (Phi) is 3.75. The number of anilines is 1. The van der Waals surface area contributed by atoms with Crippen molar-refractivity contribution in [1.82, 2.24) is 0 Å². The van der Waals surface area contributed by atoms with E-state index in [1.165, 1.54) is 15.3 Å². The van der Waals surface area contributed by atoms with Crippen LogP contribution in [0, 0.1) is 13.8 Å². The Morgan fingerprint density at radius 1 is 1.24 bits per heavy atom. The molecule has 0 amide bonds. The zero-order valence-electron chi connectivity index (χ0n) is 10.3. The molecule has 90 valence electrons. The third kappa shape index (κ3) is 3.02. The summed E-state index contributed by atoms with van der Waals surface area (Å²) in [6, 6.07) is 10.4. The van der Waals surface area contributed by atoms with Gasteiger partial charge in [-0.2, -0.15) is 0 Å². The van der Waals surface area contributed by atoms with Crippen LogP contribution in [-0.4, -0.2) is 0 Å². The van der Waals surface area contributed by atoms with Crippen LogP contribution in [0.25, 0.3) is 0 Å². The van der Waals surface area contributed by atoms with Crippen LogP contribution in [0.2, 0.25) is 5.02 Å². The molecule has 3 heteroatoms. The molecule has 0 aliphatic heterocycles. The number of rotatable bonds is 3. The topological polar surface area (TPSA) is 12.0 Å². The van der Waals surface area contributed by atoms with Crippen molar-refractivity contribution in [3.8, 4) is 0 Å². The summed E-state index contributed by atoms with van der Waals surface area (Å²) < 4.78 is 0. The molecule has 0 aliphatic rings. The van der Waals surface area contributed by atoms with E-state index < -0.39 is 0 Å². The second-order valence-electron chi connectivity index (χ2n) is 4.24. The first-order valence-electron chi connectivity index (χ1n) is 5.65. The fraction of sp³-hybridized carbons (Fsp3) is 0.286. The van der Waals surface area contributed by atoms with Gasteiger partial charge in [-0.25, -0.2) is 0 Å². The van der Waals surface area contributed by atoms with Crippen LogP contribution >= 0.6 is 22.9 Å². The van der Waals surface area contributed by atoms with E-state index in [0.717, 1.165) is 10.7 Å². The molecule has 1 unspecified atom stereocenters. The molecule has 0 saturated heterocycles. The van der Waals surface area contributed by atoms with Crippen molar-refractivity contribution >= 4 is 28.6 Å². The van der Waals surface area contributed by atoms with Crippen molar-refractivity contribution in [2.75, 3.05) is 5.32 Å². The van der Waals surface area contributed by atoms with E-state index in [1.54, 1.807) is 0 Å². The van der Waals surface area contributed by atoms with Crippen molar-refractivity contribution < 1.29 is 0 Å². The van der Waals surface area contributed by atoms with Crippen LogP contribution in [0.5, 0.6) is 0 Å². The van der Waals surface area contributed by atoms with Crippen molar-refractivity contribution in [1.29, 1.82) is 0 Å².